The zero-order valence-electron chi connectivity index (χ0n) is 16.4. The van der Waals surface area contributed by atoms with Crippen molar-refractivity contribution in [1.29, 1.82) is 0 Å². The molecule has 2 aliphatic heterocycles. The van der Waals surface area contributed by atoms with Crippen LogP contribution < -0.4 is 4.74 Å². The van der Waals surface area contributed by atoms with Crippen molar-refractivity contribution in [2.45, 2.75) is 70.6 Å². The second kappa shape index (κ2) is 10.4. The number of rotatable bonds is 10. The van der Waals surface area contributed by atoms with E-state index in [-0.39, 0.29) is 0 Å². The molecule has 2 unspecified atom stereocenters. The number of benzene rings is 1. The van der Waals surface area contributed by atoms with E-state index in [0.29, 0.717) is 31.4 Å². The van der Waals surface area contributed by atoms with Crippen LogP contribution in [0.25, 0.3) is 0 Å². The summed E-state index contributed by atoms with van der Waals surface area (Å²) in [5.41, 5.74) is 5.13. The molecule has 3 rings (SSSR count). The molecular weight excluding hydrogens is 469 g/mol. The molecule has 0 spiro atoms. The Bertz CT molecular complexity index is 707. The predicted molar refractivity (Wildman–Crippen MR) is 124 cm³/mol. The van der Waals surface area contributed by atoms with Crippen LogP contribution in [0.15, 0.2) is 29.2 Å². The van der Waals surface area contributed by atoms with E-state index in [1.807, 2.05) is 6.07 Å². The fraction of sp³-hybridized carbons (Fsp3) is 0.571. The van der Waals surface area contributed by atoms with Gasteiger partial charge in [0.1, 0.15) is 5.75 Å². The molecule has 3 nitrogen and oxygen atoms in total. The minimum atomic E-state index is 0.294. The summed E-state index contributed by atoms with van der Waals surface area (Å²) in [7, 11) is 1.73. The van der Waals surface area contributed by atoms with Gasteiger partial charge in [-0.3, -0.25) is 4.79 Å². The standard InChI is InChI=1S/C21H29BIO3P/c1-3-4-5-8-16(26-27-23)10-11-17-19-12-15-7-6-9-21(25-2)18(15)13-22(19)14-20(17)24/h6-7,9,16,27H,3-5,8,10-14H2,1-2H3. The van der Waals surface area contributed by atoms with Gasteiger partial charge in [-0.15, -0.1) is 0 Å². The Morgan fingerprint density at radius 2 is 2.11 bits per heavy atom. The van der Waals surface area contributed by atoms with Gasteiger partial charge in [-0.1, -0.05) is 43.8 Å². The van der Waals surface area contributed by atoms with Gasteiger partial charge in [0, 0.05) is 0 Å². The molecule has 0 saturated carbocycles. The van der Waals surface area contributed by atoms with E-state index >= 15 is 0 Å². The van der Waals surface area contributed by atoms with Gasteiger partial charge in [0.2, 0.25) is 0 Å². The Kier molecular flexibility index (Phi) is 8.22. The summed E-state index contributed by atoms with van der Waals surface area (Å²) in [5, 5.41) is 0. The molecule has 2 heterocycles. The van der Waals surface area contributed by atoms with E-state index in [9.17, 15) is 4.79 Å². The smallest absolute Gasteiger partial charge is 0.184 e. The molecule has 0 radical (unpaired) electrons. The largest absolute Gasteiger partial charge is 0.496 e. The molecule has 1 aromatic rings. The fourth-order valence-corrected chi connectivity index (χ4v) is 5.99. The SMILES string of the molecule is CCCCCC(CCC1=C2Cc3cccc(OC)c3CB2CC1=O)OPI. The summed E-state index contributed by atoms with van der Waals surface area (Å²) >= 11 is 2.31. The fourth-order valence-electron chi connectivity index (χ4n) is 4.55. The number of ether oxygens (including phenoxy) is 1. The van der Waals surface area contributed by atoms with Gasteiger partial charge in [-0.05, 0) is 83.1 Å². The molecule has 146 valence electrons. The number of carbonyl (C=O) groups excluding carboxylic acids is 1. The maximum Gasteiger partial charge on any atom is 0.184 e. The lowest BCUT2D eigenvalue weighted by Gasteiger charge is -2.24. The van der Waals surface area contributed by atoms with Gasteiger partial charge in [0.25, 0.3) is 0 Å². The molecule has 0 aromatic heterocycles. The summed E-state index contributed by atoms with van der Waals surface area (Å²) in [5.74, 6) is 1.34. The van der Waals surface area contributed by atoms with Crippen molar-refractivity contribution >= 4 is 41.0 Å². The minimum absolute atomic E-state index is 0.294. The zero-order chi connectivity index (χ0) is 19.2. The monoisotopic (exact) mass is 498 g/mol. The summed E-state index contributed by atoms with van der Waals surface area (Å²) in [6.45, 7) is 3.10. The number of hydrogen-bond acceptors (Lipinski definition) is 3. The van der Waals surface area contributed by atoms with Crippen LogP contribution in [0.2, 0.25) is 6.32 Å². The average molecular weight is 498 g/mol. The molecule has 1 aromatic carbocycles. The number of carbonyl (C=O) groups is 1. The molecule has 0 saturated heterocycles. The number of methoxy groups -OCH3 is 1. The maximum atomic E-state index is 12.7. The third-order valence-electron chi connectivity index (χ3n) is 5.99. The van der Waals surface area contributed by atoms with Crippen LogP contribution in [0.4, 0.5) is 0 Å². The van der Waals surface area contributed by atoms with Crippen molar-refractivity contribution < 1.29 is 14.1 Å². The number of fused-ring (bicyclic) bond motifs is 2. The lowest BCUT2D eigenvalue weighted by molar-refractivity contribution is -0.113. The first-order chi connectivity index (χ1) is 13.2. The second-order valence-corrected chi connectivity index (χ2v) is 9.37. The van der Waals surface area contributed by atoms with Gasteiger partial charge >= 0.3 is 0 Å². The molecule has 2 aliphatic rings. The van der Waals surface area contributed by atoms with Crippen LogP contribution in [0.5, 0.6) is 5.75 Å². The number of halogens is 1. The van der Waals surface area contributed by atoms with Crippen molar-refractivity contribution in [3.8, 4) is 5.75 Å². The number of allylic oxidation sites excluding steroid dienone is 2. The van der Waals surface area contributed by atoms with Gasteiger partial charge < -0.3 is 9.26 Å². The Morgan fingerprint density at radius 3 is 2.85 bits per heavy atom. The first-order valence-corrected chi connectivity index (χ1v) is 14.1. The first kappa shape index (κ1) is 21.3. The lowest BCUT2D eigenvalue weighted by Crippen LogP contribution is -2.25. The van der Waals surface area contributed by atoms with Crippen LogP contribution in [0, 0.1) is 0 Å². The highest BCUT2D eigenvalue weighted by molar-refractivity contribution is 14.2. The Labute approximate surface area is 178 Å². The third-order valence-corrected chi connectivity index (χ3v) is 7.17. The highest BCUT2D eigenvalue weighted by Crippen LogP contribution is 2.39. The average Bonchev–Trinajstić information content (AvgIpc) is 2.98. The first-order valence-electron chi connectivity index (χ1n) is 10.1. The molecule has 0 bridgehead atoms. The molecule has 0 fully saturated rings. The molecule has 0 amide bonds. The van der Waals surface area contributed by atoms with E-state index in [2.05, 4.69) is 41.1 Å². The Hall–Kier alpha value is -0.385. The van der Waals surface area contributed by atoms with E-state index in [1.165, 1.54) is 35.9 Å². The maximum absolute atomic E-state index is 12.7. The van der Waals surface area contributed by atoms with Crippen LogP contribution in [0.3, 0.4) is 0 Å². The van der Waals surface area contributed by atoms with Crippen molar-refractivity contribution in [3.63, 3.8) is 0 Å². The van der Waals surface area contributed by atoms with E-state index in [1.54, 1.807) is 7.11 Å². The summed E-state index contributed by atoms with van der Waals surface area (Å²) in [4.78, 5) is 12.7. The minimum Gasteiger partial charge on any atom is -0.496 e. The van der Waals surface area contributed by atoms with Crippen LogP contribution in [-0.2, 0) is 22.1 Å². The molecular formula is C21H29BIO3P. The number of ketones is 1. The number of Topliss-reactive ketones (excluding diaryl/α,β-unsaturated/α-hetero) is 1. The van der Waals surface area contributed by atoms with Crippen molar-refractivity contribution in [2.24, 2.45) is 0 Å². The van der Waals surface area contributed by atoms with E-state index in [0.717, 1.165) is 43.3 Å². The molecule has 6 heteroatoms. The quantitative estimate of drug-likeness (QED) is 0.174. The molecule has 27 heavy (non-hydrogen) atoms. The molecule has 0 aliphatic carbocycles. The number of hydrogen-bond donors (Lipinski definition) is 0. The van der Waals surface area contributed by atoms with Gasteiger partial charge in [-0.2, -0.15) is 0 Å². The van der Waals surface area contributed by atoms with Crippen molar-refractivity contribution in [1.82, 2.24) is 0 Å². The van der Waals surface area contributed by atoms with Gasteiger partial charge in [-0.25, -0.2) is 0 Å². The zero-order valence-corrected chi connectivity index (χ0v) is 19.5. The second-order valence-electron chi connectivity index (χ2n) is 7.66. The molecule has 0 N–H and O–H groups in total. The van der Waals surface area contributed by atoms with Gasteiger partial charge in [0.15, 0.2) is 12.5 Å². The van der Waals surface area contributed by atoms with Crippen molar-refractivity contribution in [2.75, 3.05) is 7.11 Å². The predicted octanol–water partition coefficient (Wildman–Crippen LogP) is 5.94. The van der Waals surface area contributed by atoms with Crippen LogP contribution in [-0.4, -0.2) is 25.7 Å². The normalized spacial score (nSPS) is 17.6. The molecule has 2 atom stereocenters. The van der Waals surface area contributed by atoms with E-state index < -0.39 is 0 Å². The van der Waals surface area contributed by atoms with E-state index in [4.69, 9.17) is 9.26 Å². The summed E-state index contributed by atoms with van der Waals surface area (Å²) in [6.07, 6.45) is 9.50. The highest BCUT2D eigenvalue weighted by atomic mass is 127. The van der Waals surface area contributed by atoms with Gasteiger partial charge in [0.05, 0.1) is 19.7 Å². The number of unbranched alkanes of at least 4 members (excludes halogenated alkanes) is 2. The van der Waals surface area contributed by atoms with Crippen LogP contribution >= 0.6 is 28.5 Å². The highest BCUT2D eigenvalue weighted by Gasteiger charge is 2.38. The summed E-state index contributed by atoms with van der Waals surface area (Å²) < 4.78 is 11.5. The Balaban J connectivity index is 1.71. The lowest BCUT2D eigenvalue weighted by atomic mass is 9.38. The Morgan fingerprint density at radius 1 is 1.26 bits per heavy atom. The third kappa shape index (κ3) is 5.16. The van der Waals surface area contributed by atoms with Crippen LogP contribution in [0.1, 0.15) is 56.6 Å². The van der Waals surface area contributed by atoms with Crippen molar-refractivity contribution in [3.05, 3.63) is 40.4 Å². The summed E-state index contributed by atoms with van der Waals surface area (Å²) in [6, 6.07) is 6.29. The topological polar surface area (TPSA) is 35.5 Å².